The number of rotatable bonds is 7. The van der Waals surface area contributed by atoms with Gasteiger partial charge in [0.25, 0.3) is 5.91 Å². The van der Waals surface area contributed by atoms with Crippen LogP contribution in [0.5, 0.6) is 0 Å². The van der Waals surface area contributed by atoms with Crippen LogP contribution in [0.1, 0.15) is 21.5 Å². The lowest BCUT2D eigenvalue weighted by Crippen LogP contribution is -2.43. The number of ether oxygens (including phenoxy) is 1. The van der Waals surface area contributed by atoms with Gasteiger partial charge in [-0.05, 0) is 29.3 Å². The van der Waals surface area contributed by atoms with E-state index in [2.05, 4.69) is 10.3 Å². The Morgan fingerprint density at radius 3 is 2.45 bits per heavy atom. The second kappa shape index (κ2) is 9.49. The highest BCUT2D eigenvalue weighted by molar-refractivity contribution is 6.33. The summed E-state index contributed by atoms with van der Waals surface area (Å²) in [5, 5.41) is 4.12. The van der Waals surface area contributed by atoms with Crippen molar-refractivity contribution in [2.24, 2.45) is 0 Å². The summed E-state index contributed by atoms with van der Waals surface area (Å²) in [5.41, 5.74) is 3.06. The standard InChI is InChI=1S/C25H21ClN2O3/c26-21-12-6-4-11-20(21)24(29)28-23(25(30)31-16-17-8-2-1-3-9-17)14-18-15-27-22-13-7-5-10-19(18)22/h1-13,15,23,27H,14,16H2,(H,28,29). The van der Waals surface area contributed by atoms with Crippen molar-refractivity contribution in [1.82, 2.24) is 10.3 Å². The number of carbonyl (C=O) groups excluding carboxylic acids is 2. The summed E-state index contributed by atoms with van der Waals surface area (Å²) in [6.07, 6.45) is 2.14. The Morgan fingerprint density at radius 1 is 0.935 bits per heavy atom. The lowest BCUT2D eigenvalue weighted by Gasteiger charge is -2.18. The number of aromatic nitrogens is 1. The number of halogens is 1. The van der Waals surface area contributed by atoms with Crippen molar-refractivity contribution in [3.63, 3.8) is 0 Å². The molecule has 0 saturated carbocycles. The predicted octanol–water partition coefficient (Wildman–Crippen LogP) is 4.91. The number of benzene rings is 3. The van der Waals surface area contributed by atoms with Gasteiger partial charge in [0.1, 0.15) is 12.6 Å². The van der Waals surface area contributed by atoms with E-state index in [4.69, 9.17) is 16.3 Å². The molecule has 0 spiro atoms. The predicted molar refractivity (Wildman–Crippen MR) is 121 cm³/mol. The average molecular weight is 433 g/mol. The smallest absolute Gasteiger partial charge is 0.329 e. The SMILES string of the molecule is O=C(NC(Cc1c[nH]c2ccccc12)C(=O)OCc1ccccc1)c1ccccc1Cl. The fraction of sp³-hybridized carbons (Fsp3) is 0.120. The Kier molecular flexibility index (Phi) is 6.34. The topological polar surface area (TPSA) is 71.2 Å². The quantitative estimate of drug-likeness (QED) is 0.408. The number of carbonyl (C=O) groups is 2. The van der Waals surface area contributed by atoms with E-state index in [0.29, 0.717) is 10.6 Å². The Morgan fingerprint density at radius 2 is 1.65 bits per heavy atom. The number of H-pyrrole nitrogens is 1. The average Bonchev–Trinajstić information content (AvgIpc) is 3.21. The van der Waals surface area contributed by atoms with Gasteiger partial charge in [-0.2, -0.15) is 0 Å². The van der Waals surface area contributed by atoms with Crippen molar-refractivity contribution < 1.29 is 14.3 Å². The molecule has 0 bridgehead atoms. The zero-order chi connectivity index (χ0) is 21.6. The van der Waals surface area contributed by atoms with Crippen molar-refractivity contribution in [3.8, 4) is 0 Å². The minimum atomic E-state index is -0.869. The summed E-state index contributed by atoms with van der Waals surface area (Å²) < 4.78 is 5.52. The maximum atomic E-state index is 13.0. The number of amides is 1. The van der Waals surface area contributed by atoms with Gasteiger partial charge >= 0.3 is 5.97 Å². The molecule has 4 rings (SSSR count). The van der Waals surface area contributed by atoms with E-state index in [1.165, 1.54) is 0 Å². The van der Waals surface area contributed by atoms with Crippen LogP contribution in [0.25, 0.3) is 10.9 Å². The van der Waals surface area contributed by atoms with Crippen LogP contribution in [0.3, 0.4) is 0 Å². The zero-order valence-electron chi connectivity index (χ0n) is 16.7. The molecule has 4 aromatic rings. The first kappa shape index (κ1) is 20.7. The monoisotopic (exact) mass is 432 g/mol. The molecule has 1 amide bonds. The molecule has 0 aliphatic rings. The number of fused-ring (bicyclic) bond motifs is 1. The van der Waals surface area contributed by atoms with Crippen molar-refractivity contribution in [2.45, 2.75) is 19.1 Å². The van der Waals surface area contributed by atoms with Crippen LogP contribution in [-0.4, -0.2) is 22.9 Å². The van der Waals surface area contributed by atoms with E-state index < -0.39 is 17.9 Å². The number of esters is 1. The van der Waals surface area contributed by atoms with E-state index in [9.17, 15) is 9.59 Å². The molecule has 0 aliphatic heterocycles. The molecule has 1 unspecified atom stereocenters. The number of hydrogen-bond acceptors (Lipinski definition) is 3. The van der Waals surface area contributed by atoms with Gasteiger partial charge in [-0.15, -0.1) is 0 Å². The zero-order valence-corrected chi connectivity index (χ0v) is 17.4. The summed E-state index contributed by atoms with van der Waals surface area (Å²) in [5.74, 6) is -0.929. The van der Waals surface area contributed by atoms with Crippen molar-refractivity contribution in [3.05, 3.63) is 107 Å². The van der Waals surface area contributed by atoms with Crippen LogP contribution in [-0.2, 0) is 22.6 Å². The summed E-state index contributed by atoms with van der Waals surface area (Å²) in [7, 11) is 0. The maximum absolute atomic E-state index is 13.0. The molecule has 5 nitrogen and oxygen atoms in total. The molecule has 0 radical (unpaired) electrons. The highest BCUT2D eigenvalue weighted by Gasteiger charge is 2.25. The van der Waals surface area contributed by atoms with E-state index in [0.717, 1.165) is 22.0 Å². The summed E-state index contributed by atoms with van der Waals surface area (Å²) in [6, 6.07) is 23.1. The van der Waals surface area contributed by atoms with Crippen LogP contribution in [0, 0.1) is 0 Å². The molecule has 1 aromatic heterocycles. The first-order chi connectivity index (χ1) is 15.1. The molecule has 6 heteroatoms. The number of hydrogen-bond donors (Lipinski definition) is 2. The van der Waals surface area contributed by atoms with Gasteiger partial charge in [-0.1, -0.05) is 72.3 Å². The molecule has 31 heavy (non-hydrogen) atoms. The Balaban J connectivity index is 1.55. The Hall–Kier alpha value is -3.57. The first-order valence-corrected chi connectivity index (χ1v) is 10.3. The second-order valence-corrected chi connectivity index (χ2v) is 7.57. The lowest BCUT2D eigenvalue weighted by atomic mass is 10.0. The van der Waals surface area contributed by atoms with Gasteiger partial charge in [-0.3, -0.25) is 4.79 Å². The van der Waals surface area contributed by atoms with Crippen LogP contribution in [0.4, 0.5) is 0 Å². The van der Waals surface area contributed by atoms with Crippen molar-refractivity contribution >= 4 is 34.4 Å². The molecule has 3 aromatic carbocycles. The van der Waals surface area contributed by atoms with E-state index in [1.54, 1.807) is 24.3 Å². The molecular formula is C25H21ClN2O3. The van der Waals surface area contributed by atoms with E-state index in [-0.39, 0.29) is 13.0 Å². The largest absolute Gasteiger partial charge is 0.459 e. The molecule has 2 N–H and O–H groups in total. The normalized spacial score (nSPS) is 11.8. The van der Waals surface area contributed by atoms with Gasteiger partial charge in [0.05, 0.1) is 10.6 Å². The van der Waals surface area contributed by atoms with Gasteiger partial charge < -0.3 is 15.0 Å². The maximum Gasteiger partial charge on any atom is 0.329 e. The highest BCUT2D eigenvalue weighted by atomic mass is 35.5. The number of aromatic amines is 1. The van der Waals surface area contributed by atoms with Gasteiger partial charge in [0.15, 0.2) is 0 Å². The fourth-order valence-corrected chi connectivity index (χ4v) is 3.65. The summed E-state index contributed by atoms with van der Waals surface area (Å²) in [4.78, 5) is 29.0. The molecule has 0 aliphatic carbocycles. The molecular weight excluding hydrogens is 412 g/mol. The first-order valence-electron chi connectivity index (χ1n) is 9.93. The molecule has 156 valence electrons. The van der Waals surface area contributed by atoms with Crippen LogP contribution in [0.2, 0.25) is 5.02 Å². The van der Waals surface area contributed by atoms with E-state index >= 15 is 0 Å². The van der Waals surface area contributed by atoms with Crippen LogP contribution < -0.4 is 5.32 Å². The van der Waals surface area contributed by atoms with E-state index in [1.807, 2.05) is 60.8 Å². The number of nitrogens with one attached hydrogen (secondary N) is 2. The number of para-hydroxylation sites is 1. The minimum Gasteiger partial charge on any atom is -0.459 e. The third-order valence-corrected chi connectivity index (χ3v) is 5.36. The van der Waals surface area contributed by atoms with Gasteiger partial charge in [-0.25, -0.2) is 4.79 Å². The second-order valence-electron chi connectivity index (χ2n) is 7.16. The fourth-order valence-electron chi connectivity index (χ4n) is 3.42. The third kappa shape index (κ3) is 4.95. The highest BCUT2D eigenvalue weighted by Crippen LogP contribution is 2.20. The molecule has 0 fully saturated rings. The molecule has 1 atom stereocenters. The Bertz CT molecular complexity index is 1200. The summed E-state index contributed by atoms with van der Waals surface area (Å²) >= 11 is 6.16. The minimum absolute atomic E-state index is 0.131. The molecule has 0 saturated heterocycles. The Labute approximate surface area is 185 Å². The van der Waals surface area contributed by atoms with Crippen LogP contribution >= 0.6 is 11.6 Å². The van der Waals surface area contributed by atoms with Gasteiger partial charge in [0.2, 0.25) is 0 Å². The third-order valence-electron chi connectivity index (χ3n) is 5.03. The van der Waals surface area contributed by atoms with Crippen molar-refractivity contribution in [1.29, 1.82) is 0 Å². The van der Waals surface area contributed by atoms with Gasteiger partial charge in [0, 0.05) is 23.5 Å². The summed E-state index contributed by atoms with van der Waals surface area (Å²) in [6.45, 7) is 0.131. The molecule has 1 heterocycles. The van der Waals surface area contributed by atoms with Crippen LogP contribution in [0.15, 0.2) is 85.1 Å². The van der Waals surface area contributed by atoms with Crippen molar-refractivity contribution in [2.75, 3.05) is 0 Å². The lowest BCUT2D eigenvalue weighted by molar-refractivity contribution is -0.147.